The van der Waals surface area contributed by atoms with Crippen molar-refractivity contribution >= 4 is 50.3 Å². The SMILES string of the molecule is CSCc1c(C(=O)O[C@@H](C)C(=O)Nc2ccc(S(N)(=O)=O)cc2)oc2ccccc12. The smallest absolute Gasteiger partial charge is 0.375 e. The highest BCUT2D eigenvalue weighted by Crippen LogP contribution is 2.29. The molecule has 0 radical (unpaired) electrons. The Bertz CT molecular complexity index is 1190. The Kier molecular flexibility index (Phi) is 6.49. The first-order chi connectivity index (χ1) is 14.2. The molecule has 0 fully saturated rings. The fraction of sp³-hybridized carbons (Fsp3) is 0.200. The van der Waals surface area contributed by atoms with Crippen molar-refractivity contribution < 1.29 is 27.2 Å². The fourth-order valence-electron chi connectivity index (χ4n) is 2.79. The van der Waals surface area contributed by atoms with Crippen molar-refractivity contribution in [2.75, 3.05) is 11.6 Å². The van der Waals surface area contributed by atoms with Crippen molar-refractivity contribution in [1.82, 2.24) is 0 Å². The summed E-state index contributed by atoms with van der Waals surface area (Å²) in [5.41, 5.74) is 1.62. The molecule has 30 heavy (non-hydrogen) atoms. The largest absolute Gasteiger partial charge is 0.449 e. The van der Waals surface area contributed by atoms with Gasteiger partial charge in [0.2, 0.25) is 15.8 Å². The number of benzene rings is 2. The molecule has 0 saturated heterocycles. The van der Waals surface area contributed by atoms with Crippen LogP contribution in [0.4, 0.5) is 5.69 Å². The minimum absolute atomic E-state index is 0.0719. The van der Waals surface area contributed by atoms with Crippen molar-refractivity contribution in [3.63, 3.8) is 0 Å². The van der Waals surface area contributed by atoms with Gasteiger partial charge in [0.15, 0.2) is 6.10 Å². The summed E-state index contributed by atoms with van der Waals surface area (Å²) in [5.74, 6) is -0.683. The second-order valence-electron chi connectivity index (χ2n) is 6.45. The number of para-hydroxylation sites is 1. The average molecular weight is 449 g/mol. The van der Waals surface area contributed by atoms with E-state index in [1.807, 2.05) is 18.4 Å². The summed E-state index contributed by atoms with van der Waals surface area (Å²) >= 11 is 1.54. The summed E-state index contributed by atoms with van der Waals surface area (Å²) in [4.78, 5) is 24.9. The number of furan rings is 1. The van der Waals surface area contributed by atoms with Crippen LogP contribution in [0, 0.1) is 0 Å². The molecule has 1 amide bonds. The number of carbonyl (C=O) groups excluding carboxylic acids is 2. The van der Waals surface area contributed by atoms with Crippen LogP contribution in [-0.4, -0.2) is 32.7 Å². The molecule has 1 aromatic heterocycles. The predicted octanol–water partition coefficient (Wildman–Crippen LogP) is 3.13. The summed E-state index contributed by atoms with van der Waals surface area (Å²) in [6, 6.07) is 12.6. The highest BCUT2D eigenvalue weighted by molar-refractivity contribution is 7.97. The van der Waals surface area contributed by atoms with E-state index < -0.39 is 28.0 Å². The Hall–Kier alpha value is -2.82. The highest BCUT2D eigenvalue weighted by Gasteiger charge is 2.25. The molecule has 8 nitrogen and oxygen atoms in total. The van der Waals surface area contributed by atoms with Crippen LogP contribution in [0.5, 0.6) is 0 Å². The molecule has 2 aromatic carbocycles. The van der Waals surface area contributed by atoms with E-state index in [0.29, 0.717) is 22.6 Å². The van der Waals surface area contributed by atoms with Crippen molar-refractivity contribution in [3.8, 4) is 0 Å². The third-order valence-corrected chi connectivity index (χ3v) is 5.78. The van der Waals surface area contributed by atoms with E-state index in [0.717, 1.165) is 5.39 Å². The molecule has 0 saturated carbocycles. The van der Waals surface area contributed by atoms with E-state index in [2.05, 4.69) is 5.32 Å². The Labute approximate surface area is 177 Å². The van der Waals surface area contributed by atoms with E-state index in [-0.39, 0.29) is 10.7 Å². The molecule has 0 aliphatic rings. The molecule has 0 bridgehead atoms. The number of hydrogen-bond acceptors (Lipinski definition) is 7. The zero-order valence-electron chi connectivity index (χ0n) is 16.2. The molecule has 1 atom stereocenters. The number of hydrogen-bond donors (Lipinski definition) is 2. The molecule has 3 N–H and O–H groups in total. The maximum absolute atomic E-state index is 12.6. The molecule has 158 valence electrons. The van der Waals surface area contributed by atoms with Crippen molar-refractivity contribution in [2.45, 2.75) is 23.7 Å². The molecule has 3 aromatic rings. The highest BCUT2D eigenvalue weighted by atomic mass is 32.2. The molecule has 10 heteroatoms. The van der Waals surface area contributed by atoms with Gasteiger partial charge in [0, 0.05) is 22.4 Å². The number of ether oxygens (including phenoxy) is 1. The average Bonchev–Trinajstić information content (AvgIpc) is 3.07. The Balaban J connectivity index is 1.72. The number of fused-ring (bicyclic) bond motifs is 1. The maximum Gasteiger partial charge on any atom is 0.375 e. The number of anilines is 1. The maximum atomic E-state index is 12.6. The van der Waals surface area contributed by atoms with Crippen molar-refractivity contribution in [2.24, 2.45) is 5.14 Å². The number of nitrogens with two attached hydrogens (primary N) is 1. The van der Waals surface area contributed by atoms with E-state index in [1.165, 1.54) is 43.0 Å². The molecule has 0 aliphatic carbocycles. The minimum Gasteiger partial charge on any atom is -0.449 e. The van der Waals surface area contributed by atoms with Crippen LogP contribution < -0.4 is 10.5 Å². The first kappa shape index (κ1) is 21.9. The summed E-state index contributed by atoms with van der Waals surface area (Å²) in [6.07, 6.45) is 0.805. The Morgan fingerprint density at radius 3 is 2.47 bits per heavy atom. The van der Waals surface area contributed by atoms with Crippen molar-refractivity contribution in [3.05, 3.63) is 59.9 Å². The van der Waals surface area contributed by atoms with E-state index in [9.17, 15) is 18.0 Å². The number of thioether (sulfide) groups is 1. The van der Waals surface area contributed by atoms with Crippen LogP contribution in [0.3, 0.4) is 0 Å². The van der Waals surface area contributed by atoms with E-state index >= 15 is 0 Å². The van der Waals surface area contributed by atoms with Gasteiger partial charge in [0.05, 0.1) is 4.90 Å². The molecular formula is C20H20N2O6S2. The van der Waals surface area contributed by atoms with Gasteiger partial charge in [-0.15, -0.1) is 0 Å². The lowest BCUT2D eigenvalue weighted by molar-refractivity contribution is -0.123. The first-order valence-electron chi connectivity index (χ1n) is 8.84. The molecule has 0 aliphatic heterocycles. The van der Waals surface area contributed by atoms with E-state index in [4.69, 9.17) is 14.3 Å². The second-order valence-corrected chi connectivity index (χ2v) is 8.87. The van der Waals surface area contributed by atoms with Gasteiger partial charge in [-0.25, -0.2) is 18.4 Å². The lowest BCUT2D eigenvalue weighted by atomic mass is 10.1. The van der Waals surface area contributed by atoms with Gasteiger partial charge < -0.3 is 14.5 Å². The number of esters is 1. The van der Waals surface area contributed by atoms with Gasteiger partial charge in [0.1, 0.15) is 5.58 Å². The zero-order chi connectivity index (χ0) is 21.9. The van der Waals surface area contributed by atoms with Gasteiger partial charge in [-0.3, -0.25) is 4.79 Å². The Morgan fingerprint density at radius 2 is 1.83 bits per heavy atom. The van der Waals surface area contributed by atoms with Gasteiger partial charge in [-0.05, 0) is 43.5 Å². The summed E-state index contributed by atoms with van der Waals surface area (Å²) in [7, 11) is -3.83. The Morgan fingerprint density at radius 1 is 1.17 bits per heavy atom. The summed E-state index contributed by atoms with van der Waals surface area (Å²) < 4.78 is 33.5. The van der Waals surface area contributed by atoms with Crippen LogP contribution in [0.25, 0.3) is 11.0 Å². The number of amides is 1. The zero-order valence-corrected chi connectivity index (χ0v) is 17.9. The van der Waals surface area contributed by atoms with Gasteiger partial charge in [-0.1, -0.05) is 18.2 Å². The van der Waals surface area contributed by atoms with Crippen molar-refractivity contribution in [1.29, 1.82) is 0 Å². The topological polar surface area (TPSA) is 129 Å². The molecule has 3 rings (SSSR count). The van der Waals surface area contributed by atoms with Crippen LogP contribution in [0.15, 0.2) is 57.8 Å². The number of nitrogens with one attached hydrogen (secondary N) is 1. The van der Waals surface area contributed by atoms with Gasteiger partial charge >= 0.3 is 5.97 Å². The van der Waals surface area contributed by atoms with Crippen LogP contribution in [0.2, 0.25) is 0 Å². The van der Waals surface area contributed by atoms with Crippen LogP contribution >= 0.6 is 11.8 Å². The minimum atomic E-state index is -3.83. The lowest BCUT2D eigenvalue weighted by Gasteiger charge is -2.13. The molecule has 0 spiro atoms. The number of carbonyl (C=O) groups is 2. The van der Waals surface area contributed by atoms with Crippen LogP contribution in [-0.2, 0) is 25.3 Å². The van der Waals surface area contributed by atoms with Crippen LogP contribution in [0.1, 0.15) is 23.0 Å². The number of sulfonamides is 1. The third-order valence-electron chi connectivity index (χ3n) is 4.28. The van der Waals surface area contributed by atoms with Gasteiger partial charge in [-0.2, -0.15) is 11.8 Å². The predicted molar refractivity (Wildman–Crippen MR) is 115 cm³/mol. The molecular weight excluding hydrogens is 428 g/mol. The second kappa shape index (κ2) is 8.90. The quantitative estimate of drug-likeness (QED) is 0.531. The fourth-order valence-corrected chi connectivity index (χ4v) is 3.88. The van der Waals surface area contributed by atoms with E-state index in [1.54, 1.807) is 12.1 Å². The third kappa shape index (κ3) is 4.84. The normalized spacial score (nSPS) is 12.5. The summed E-state index contributed by atoms with van der Waals surface area (Å²) in [5, 5.41) is 8.43. The number of primary sulfonamides is 1. The molecule has 0 unspecified atom stereocenters. The standard InChI is InChI=1S/C20H20N2O6S2/c1-12(19(23)22-13-7-9-14(10-8-13)30(21,25)26)27-20(24)18-16(11-29-2)15-5-3-4-6-17(15)28-18/h3-10,12H,11H2,1-2H3,(H,22,23)(H2,21,25,26)/t12-/m0/s1. The first-order valence-corrected chi connectivity index (χ1v) is 11.8. The van der Waals surface area contributed by atoms with Gasteiger partial charge in [0.25, 0.3) is 5.91 Å². The molecule has 1 heterocycles. The lowest BCUT2D eigenvalue weighted by Crippen LogP contribution is -2.30. The monoisotopic (exact) mass is 448 g/mol. The number of rotatable bonds is 7. The summed E-state index contributed by atoms with van der Waals surface area (Å²) in [6.45, 7) is 1.43.